The lowest BCUT2D eigenvalue weighted by atomic mass is 10.0. The molecule has 0 aliphatic carbocycles. The Hall–Kier alpha value is -1.09. The van der Waals surface area contributed by atoms with E-state index in [1.807, 2.05) is 12.3 Å². The van der Waals surface area contributed by atoms with Crippen LogP contribution < -0.4 is 10.6 Å². The van der Waals surface area contributed by atoms with Crippen LogP contribution in [0.1, 0.15) is 32.8 Å². The summed E-state index contributed by atoms with van der Waals surface area (Å²) in [5.74, 6) is 2.65. The molecule has 3 atom stereocenters. The highest BCUT2D eigenvalue weighted by atomic mass is 15.2. The molecule has 0 radical (unpaired) electrons. The molecule has 2 N–H and O–H groups in total. The van der Waals surface area contributed by atoms with Gasteiger partial charge in [-0.25, -0.2) is 4.98 Å². The van der Waals surface area contributed by atoms with Crippen LogP contribution >= 0.6 is 0 Å². The topological polar surface area (TPSA) is 42.1 Å². The summed E-state index contributed by atoms with van der Waals surface area (Å²) >= 11 is 0. The minimum absolute atomic E-state index is 0.241. The second-order valence-corrected chi connectivity index (χ2v) is 5.72. The molecule has 3 nitrogen and oxygen atoms in total. The highest BCUT2D eigenvalue weighted by Gasteiger charge is 2.28. The quantitative estimate of drug-likeness (QED) is 0.888. The zero-order valence-electron chi connectivity index (χ0n) is 11.8. The maximum atomic E-state index is 6.08. The Balaban J connectivity index is 2.17. The van der Waals surface area contributed by atoms with Gasteiger partial charge in [-0.15, -0.1) is 0 Å². The third-order valence-electron chi connectivity index (χ3n) is 4.16. The van der Waals surface area contributed by atoms with E-state index in [2.05, 4.69) is 36.7 Å². The van der Waals surface area contributed by atoms with Crippen molar-refractivity contribution >= 4 is 5.82 Å². The predicted molar refractivity (Wildman–Crippen MR) is 76.7 cm³/mol. The van der Waals surface area contributed by atoms with Crippen molar-refractivity contribution in [3.63, 3.8) is 0 Å². The maximum Gasteiger partial charge on any atom is 0.131 e. The molecule has 1 aliphatic rings. The van der Waals surface area contributed by atoms with Crippen LogP contribution in [0.5, 0.6) is 0 Å². The minimum Gasteiger partial charge on any atom is -0.356 e. The molecule has 3 heteroatoms. The first kappa shape index (κ1) is 13.3. The Kier molecular flexibility index (Phi) is 4.23. The van der Waals surface area contributed by atoms with Gasteiger partial charge < -0.3 is 10.6 Å². The summed E-state index contributed by atoms with van der Waals surface area (Å²) in [5, 5.41) is 0. The van der Waals surface area contributed by atoms with Crippen LogP contribution in [0.15, 0.2) is 18.3 Å². The molecule has 1 fully saturated rings. The normalized spacial score (nSPS) is 25.4. The second kappa shape index (κ2) is 5.70. The molecule has 1 aliphatic heterocycles. The predicted octanol–water partition coefficient (Wildman–Crippen LogP) is 2.45. The molecule has 0 bridgehead atoms. The average molecular weight is 247 g/mol. The fourth-order valence-electron chi connectivity index (χ4n) is 2.60. The molecule has 2 heterocycles. The molecule has 1 aromatic rings. The van der Waals surface area contributed by atoms with E-state index in [4.69, 9.17) is 5.73 Å². The fraction of sp³-hybridized carbons (Fsp3) is 0.667. The molecule has 0 amide bonds. The first-order valence-electron chi connectivity index (χ1n) is 7.06. The Morgan fingerprint density at radius 2 is 2.06 bits per heavy atom. The highest BCUT2D eigenvalue weighted by Crippen LogP contribution is 2.29. The molecule has 1 aromatic heterocycles. The van der Waals surface area contributed by atoms with Gasteiger partial charge in [0, 0.05) is 25.3 Å². The summed E-state index contributed by atoms with van der Waals surface area (Å²) in [6.45, 7) is 9.02. The molecular weight excluding hydrogens is 222 g/mol. The van der Waals surface area contributed by atoms with Crippen LogP contribution in [0.3, 0.4) is 0 Å². The number of nitrogens with two attached hydrogens (primary N) is 1. The Bertz CT molecular complexity index is 381. The Morgan fingerprint density at radius 3 is 2.67 bits per heavy atom. The third kappa shape index (κ3) is 2.83. The monoisotopic (exact) mass is 247 g/mol. The minimum atomic E-state index is 0.241. The zero-order valence-corrected chi connectivity index (χ0v) is 11.8. The molecule has 2 rings (SSSR count). The van der Waals surface area contributed by atoms with Crippen molar-refractivity contribution in [2.75, 3.05) is 18.0 Å². The smallest absolute Gasteiger partial charge is 0.131 e. The van der Waals surface area contributed by atoms with Gasteiger partial charge in [0.05, 0.1) is 0 Å². The second-order valence-electron chi connectivity index (χ2n) is 5.72. The maximum absolute atomic E-state index is 6.08. The van der Waals surface area contributed by atoms with Crippen LogP contribution in [-0.2, 0) is 6.42 Å². The number of hydrogen-bond donors (Lipinski definition) is 1. The van der Waals surface area contributed by atoms with Gasteiger partial charge >= 0.3 is 0 Å². The van der Waals surface area contributed by atoms with E-state index in [0.717, 1.165) is 43.6 Å². The lowest BCUT2D eigenvalue weighted by molar-refractivity contribution is 0.494. The molecular formula is C15H25N3. The van der Waals surface area contributed by atoms with E-state index in [1.165, 1.54) is 5.56 Å². The van der Waals surface area contributed by atoms with Gasteiger partial charge in [0.1, 0.15) is 5.82 Å². The van der Waals surface area contributed by atoms with Crippen molar-refractivity contribution in [2.45, 2.75) is 39.7 Å². The van der Waals surface area contributed by atoms with Gasteiger partial charge in [0.25, 0.3) is 0 Å². The van der Waals surface area contributed by atoms with Crippen LogP contribution in [0.4, 0.5) is 5.82 Å². The summed E-state index contributed by atoms with van der Waals surface area (Å²) in [7, 11) is 0. The summed E-state index contributed by atoms with van der Waals surface area (Å²) < 4.78 is 0. The van der Waals surface area contributed by atoms with E-state index >= 15 is 0 Å². The van der Waals surface area contributed by atoms with Crippen molar-refractivity contribution in [1.29, 1.82) is 0 Å². The van der Waals surface area contributed by atoms with Crippen LogP contribution in [0.25, 0.3) is 0 Å². The summed E-state index contributed by atoms with van der Waals surface area (Å²) in [6.07, 6.45) is 3.84. The number of pyridine rings is 1. The van der Waals surface area contributed by atoms with E-state index in [1.54, 1.807) is 0 Å². The molecule has 100 valence electrons. The molecule has 0 saturated carbocycles. The van der Waals surface area contributed by atoms with E-state index in [9.17, 15) is 0 Å². The third-order valence-corrected chi connectivity index (χ3v) is 4.16. The standard InChI is InChI=1S/C15H25N3/c1-4-14(16)8-13-6-5-7-17-15(13)18-9-11(2)12(3)10-18/h5-7,11-12,14H,4,8-10,16H2,1-3H3. The van der Waals surface area contributed by atoms with Crippen molar-refractivity contribution in [1.82, 2.24) is 4.98 Å². The van der Waals surface area contributed by atoms with Crippen LogP contribution in [0, 0.1) is 11.8 Å². The largest absolute Gasteiger partial charge is 0.356 e. The van der Waals surface area contributed by atoms with Crippen molar-refractivity contribution in [3.8, 4) is 0 Å². The van der Waals surface area contributed by atoms with Gasteiger partial charge in [-0.2, -0.15) is 0 Å². The lowest BCUT2D eigenvalue weighted by Crippen LogP contribution is -2.26. The SMILES string of the molecule is CCC(N)Cc1cccnc1N1CC(C)C(C)C1. The summed E-state index contributed by atoms with van der Waals surface area (Å²) in [6, 6.07) is 4.43. The van der Waals surface area contributed by atoms with Gasteiger partial charge in [-0.05, 0) is 36.3 Å². The van der Waals surface area contributed by atoms with Crippen LogP contribution in [0.2, 0.25) is 0 Å². The molecule has 0 aromatic carbocycles. The average Bonchev–Trinajstić information content (AvgIpc) is 2.70. The number of anilines is 1. The van der Waals surface area contributed by atoms with Gasteiger partial charge in [0.15, 0.2) is 0 Å². The van der Waals surface area contributed by atoms with Crippen molar-refractivity contribution in [3.05, 3.63) is 23.9 Å². The number of hydrogen-bond acceptors (Lipinski definition) is 3. The van der Waals surface area contributed by atoms with Gasteiger partial charge in [0.2, 0.25) is 0 Å². The van der Waals surface area contributed by atoms with Gasteiger partial charge in [-0.3, -0.25) is 0 Å². The summed E-state index contributed by atoms with van der Waals surface area (Å²) in [4.78, 5) is 7.01. The first-order chi connectivity index (χ1) is 8.61. The number of rotatable bonds is 4. The Labute approximate surface area is 110 Å². The zero-order chi connectivity index (χ0) is 13.1. The Morgan fingerprint density at radius 1 is 1.39 bits per heavy atom. The number of aromatic nitrogens is 1. The van der Waals surface area contributed by atoms with Crippen molar-refractivity contribution in [2.24, 2.45) is 17.6 Å². The summed E-state index contributed by atoms with van der Waals surface area (Å²) in [5.41, 5.74) is 7.38. The van der Waals surface area contributed by atoms with E-state index < -0.39 is 0 Å². The lowest BCUT2D eigenvalue weighted by Gasteiger charge is -2.21. The number of nitrogens with zero attached hydrogens (tertiary/aromatic N) is 2. The van der Waals surface area contributed by atoms with E-state index in [0.29, 0.717) is 0 Å². The van der Waals surface area contributed by atoms with Crippen LogP contribution in [-0.4, -0.2) is 24.1 Å². The fourth-order valence-corrected chi connectivity index (χ4v) is 2.60. The molecule has 1 saturated heterocycles. The van der Waals surface area contributed by atoms with Crippen molar-refractivity contribution < 1.29 is 0 Å². The molecule has 0 spiro atoms. The molecule has 18 heavy (non-hydrogen) atoms. The van der Waals surface area contributed by atoms with E-state index in [-0.39, 0.29) is 6.04 Å². The molecule has 3 unspecified atom stereocenters. The van der Waals surface area contributed by atoms with Gasteiger partial charge in [-0.1, -0.05) is 26.8 Å². The highest BCUT2D eigenvalue weighted by molar-refractivity contribution is 5.48. The first-order valence-corrected chi connectivity index (χ1v) is 7.06.